The molecule has 0 saturated carbocycles. The number of nitrogens with zero attached hydrogens (tertiary/aromatic N) is 4. The first kappa shape index (κ1) is 7.71. The van der Waals surface area contributed by atoms with Gasteiger partial charge in [-0.05, 0) is 10.3 Å². The Balaban J connectivity index is 2.41. The van der Waals surface area contributed by atoms with Gasteiger partial charge in [0.25, 0.3) is 5.89 Å². The van der Waals surface area contributed by atoms with Crippen molar-refractivity contribution in [2.24, 2.45) is 0 Å². The zero-order chi connectivity index (χ0) is 9.26. The van der Waals surface area contributed by atoms with E-state index in [2.05, 4.69) is 25.1 Å². The Labute approximate surface area is 72.9 Å². The Bertz CT molecular complexity index is 407. The van der Waals surface area contributed by atoms with Crippen LogP contribution in [0.5, 0.6) is 0 Å². The van der Waals surface area contributed by atoms with Crippen molar-refractivity contribution in [1.82, 2.24) is 20.5 Å². The molecule has 68 valence electrons. The van der Waals surface area contributed by atoms with Crippen LogP contribution in [0.1, 0.15) is 12.7 Å². The van der Waals surface area contributed by atoms with E-state index < -0.39 is 0 Å². The van der Waals surface area contributed by atoms with Crippen molar-refractivity contribution in [2.75, 3.05) is 5.73 Å². The summed E-state index contributed by atoms with van der Waals surface area (Å²) in [5.41, 5.74) is 5.71. The van der Waals surface area contributed by atoms with E-state index in [9.17, 15) is 0 Å². The molecule has 0 amide bonds. The van der Waals surface area contributed by atoms with Crippen LogP contribution in [-0.4, -0.2) is 20.5 Å². The summed E-state index contributed by atoms with van der Waals surface area (Å²) in [5, 5.41) is 10.6. The molecule has 0 radical (unpaired) electrons. The molecule has 2 N–H and O–H groups in total. The SMILES string of the molecule is CCc1noc(-c2nonc2N)n1. The normalized spacial score (nSPS) is 10.5. The zero-order valence-electron chi connectivity index (χ0n) is 6.89. The maximum atomic E-state index is 5.43. The molecule has 0 aliphatic carbocycles. The Kier molecular flexibility index (Phi) is 1.69. The van der Waals surface area contributed by atoms with Crippen LogP contribution in [0.2, 0.25) is 0 Å². The molecule has 2 heterocycles. The lowest BCUT2D eigenvalue weighted by molar-refractivity contribution is 0.308. The Morgan fingerprint density at radius 3 is 2.69 bits per heavy atom. The number of nitrogens with two attached hydrogens (primary N) is 1. The Morgan fingerprint density at radius 2 is 2.15 bits per heavy atom. The van der Waals surface area contributed by atoms with E-state index in [1.54, 1.807) is 0 Å². The predicted molar refractivity (Wildman–Crippen MR) is 41.4 cm³/mol. The molecule has 2 aromatic heterocycles. The van der Waals surface area contributed by atoms with Crippen molar-refractivity contribution < 1.29 is 9.15 Å². The average molecular weight is 181 g/mol. The smallest absolute Gasteiger partial charge is 0.284 e. The summed E-state index contributed by atoms with van der Waals surface area (Å²) in [6, 6.07) is 0. The number of aromatic nitrogens is 4. The van der Waals surface area contributed by atoms with E-state index >= 15 is 0 Å². The molecule has 0 unspecified atom stereocenters. The van der Waals surface area contributed by atoms with Gasteiger partial charge in [0.2, 0.25) is 11.5 Å². The minimum Gasteiger partial charge on any atom is -0.379 e. The minimum absolute atomic E-state index is 0.145. The van der Waals surface area contributed by atoms with Gasteiger partial charge in [-0.25, -0.2) is 4.63 Å². The maximum Gasteiger partial charge on any atom is 0.284 e. The van der Waals surface area contributed by atoms with Gasteiger partial charge in [-0.3, -0.25) is 0 Å². The third-order valence-electron chi connectivity index (χ3n) is 1.50. The molecular weight excluding hydrogens is 174 g/mol. The molecule has 0 aromatic carbocycles. The third-order valence-corrected chi connectivity index (χ3v) is 1.50. The van der Waals surface area contributed by atoms with Crippen LogP contribution < -0.4 is 5.73 Å². The average Bonchev–Trinajstić information content (AvgIpc) is 2.71. The molecule has 0 saturated heterocycles. The quantitative estimate of drug-likeness (QED) is 0.708. The van der Waals surface area contributed by atoms with Crippen molar-refractivity contribution in [3.63, 3.8) is 0 Å². The fraction of sp³-hybridized carbons (Fsp3) is 0.333. The fourth-order valence-corrected chi connectivity index (χ4v) is 0.838. The maximum absolute atomic E-state index is 5.43. The van der Waals surface area contributed by atoms with E-state index in [4.69, 9.17) is 10.3 Å². The van der Waals surface area contributed by atoms with E-state index in [0.29, 0.717) is 12.2 Å². The molecule has 13 heavy (non-hydrogen) atoms. The third kappa shape index (κ3) is 1.24. The van der Waals surface area contributed by atoms with Crippen molar-refractivity contribution >= 4 is 5.82 Å². The standard InChI is InChI=1S/C6H7N5O2/c1-2-3-8-6(12-9-3)4-5(7)11-13-10-4/h2H2,1H3,(H2,7,11). The molecular formula is C6H7N5O2. The Hall–Kier alpha value is -1.92. The lowest BCUT2D eigenvalue weighted by Gasteiger charge is -1.82. The van der Waals surface area contributed by atoms with Crippen molar-refractivity contribution in [3.05, 3.63) is 5.82 Å². The molecule has 0 aliphatic rings. The molecule has 0 spiro atoms. The molecule has 0 atom stereocenters. The number of rotatable bonds is 2. The molecule has 0 aliphatic heterocycles. The summed E-state index contributed by atoms with van der Waals surface area (Å²) in [6.07, 6.45) is 0.689. The van der Waals surface area contributed by atoms with Gasteiger partial charge in [0, 0.05) is 6.42 Å². The summed E-state index contributed by atoms with van der Waals surface area (Å²) in [6.45, 7) is 1.92. The fourth-order valence-electron chi connectivity index (χ4n) is 0.838. The number of aryl methyl sites for hydroxylation is 1. The van der Waals surface area contributed by atoms with Gasteiger partial charge in [-0.2, -0.15) is 4.98 Å². The number of nitrogen functional groups attached to an aromatic ring is 1. The summed E-state index contributed by atoms with van der Waals surface area (Å²) >= 11 is 0. The second-order valence-corrected chi connectivity index (χ2v) is 2.37. The van der Waals surface area contributed by atoms with E-state index in [1.807, 2.05) is 6.92 Å². The van der Waals surface area contributed by atoms with E-state index in [1.165, 1.54) is 0 Å². The van der Waals surface area contributed by atoms with Crippen LogP contribution in [-0.2, 0) is 6.42 Å². The minimum atomic E-state index is 0.145. The highest BCUT2D eigenvalue weighted by atomic mass is 16.6. The highest BCUT2D eigenvalue weighted by molar-refractivity contribution is 5.60. The molecule has 2 aromatic rings. The first-order valence-electron chi connectivity index (χ1n) is 3.72. The molecule has 7 heteroatoms. The van der Waals surface area contributed by atoms with Crippen LogP contribution in [0.15, 0.2) is 9.15 Å². The number of anilines is 1. The largest absolute Gasteiger partial charge is 0.379 e. The second kappa shape index (κ2) is 2.85. The summed E-state index contributed by atoms with van der Waals surface area (Å²) in [5.74, 6) is 0.972. The van der Waals surface area contributed by atoms with Gasteiger partial charge >= 0.3 is 0 Å². The number of hydrogen-bond acceptors (Lipinski definition) is 7. The van der Waals surface area contributed by atoms with E-state index in [-0.39, 0.29) is 17.4 Å². The van der Waals surface area contributed by atoms with E-state index in [0.717, 1.165) is 0 Å². The van der Waals surface area contributed by atoms with Crippen LogP contribution in [0, 0.1) is 0 Å². The van der Waals surface area contributed by atoms with Crippen molar-refractivity contribution in [3.8, 4) is 11.6 Å². The predicted octanol–water partition coefficient (Wildman–Crippen LogP) is 0.264. The van der Waals surface area contributed by atoms with Gasteiger partial charge in [-0.1, -0.05) is 12.1 Å². The molecule has 0 fully saturated rings. The highest BCUT2D eigenvalue weighted by Crippen LogP contribution is 2.19. The summed E-state index contributed by atoms with van der Waals surface area (Å²) in [7, 11) is 0. The lowest BCUT2D eigenvalue weighted by Crippen LogP contribution is -1.89. The Morgan fingerprint density at radius 1 is 1.31 bits per heavy atom. The van der Waals surface area contributed by atoms with Gasteiger partial charge in [0.1, 0.15) is 0 Å². The van der Waals surface area contributed by atoms with Crippen LogP contribution >= 0.6 is 0 Å². The zero-order valence-corrected chi connectivity index (χ0v) is 6.89. The van der Waals surface area contributed by atoms with Gasteiger partial charge in [0.05, 0.1) is 0 Å². The van der Waals surface area contributed by atoms with Crippen LogP contribution in [0.4, 0.5) is 5.82 Å². The van der Waals surface area contributed by atoms with Gasteiger partial charge < -0.3 is 10.3 Å². The second-order valence-electron chi connectivity index (χ2n) is 2.37. The first-order chi connectivity index (χ1) is 6.31. The summed E-state index contributed by atoms with van der Waals surface area (Å²) < 4.78 is 9.27. The molecule has 0 bridgehead atoms. The van der Waals surface area contributed by atoms with Crippen LogP contribution in [0.25, 0.3) is 11.6 Å². The lowest BCUT2D eigenvalue weighted by atomic mass is 10.4. The van der Waals surface area contributed by atoms with Gasteiger partial charge in [-0.15, -0.1) is 0 Å². The summed E-state index contributed by atoms with van der Waals surface area (Å²) in [4.78, 5) is 4.01. The first-order valence-corrected chi connectivity index (χ1v) is 3.72. The van der Waals surface area contributed by atoms with Crippen molar-refractivity contribution in [1.29, 1.82) is 0 Å². The van der Waals surface area contributed by atoms with Crippen LogP contribution in [0.3, 0.4) is 0 Å². The molecule has 7 nitrogen and oxygen atoms in total. The highest BCUT2D eigenvalue weighted by Gasteiger charge is 2.15. The monoisotopic (exact) mass is 181 g/mol. The topological polar surface area (TPSA) is 104 Å². The van der Waals surface area contributed by atoms with Crippen molar-refractivity contribution in [2.45, 2.75) is 13.3 Å². The van der Waals surface area contributed by atoms with Gasteiger partial charge in [0.15, 0.2) is 5.82 Å². The molecule has 2 rings (SSSR count). The number of hydrogen-bond donors (Lipinski definition) is 1.